The van der Waals surface area contributed by atoms with Gasteiger partial charge in [-0.25, -0.2) is 0 Å². The Bertz CT molecular complexity index is 419. The number of nitriles is 1. The Hall–Kier alpha value is -1.53. The van der Waals surface area contributed by atoms with Gasteiger partial charge in [-0.3, -0.25) is 5.32 Å². The van der Waals surface area contributed by atoms with Crippen molar-refractivity contribution in [2.75, 3.05) is 7.11 Å². The van der Waals surface area contributed by atoms with Gasteiger partial charge in [0.05, 0.1) is 13.2 Å². The van der Waals surface area contributed by atoms with Crippen LogP contribution in [0.15, 0.2) is 24.3 Å². The molecule has 0 amide bonds. The summed E-state index contributed by atoms with van der Waals surface area (Å²) in [5.74, 6) is 0.785. The number of methoxy groups -OCH3 is 1. The first-order valence-corrected chi connectivity index (χ1v) is 6.63. The average Bonchev–Trinajstić information content (AvgIpc) is 2.46. The van der Waals surface area contributed by atoms with E-state index in [0.29, 0.717) is 6.04 Å². The topological polar surface area (TPSA) is 45.0 Å². The van der Waals surface area contributed by atoms with Gasteiger partial charge in [0.25, 0.3) is 0 Å². The third-order valence-corrected chi connectivity index (χ3v) is 3.59. The molecule has 0 radical (unpaired) electrons. The van der Waals surface area contributed by atoms with E-state index in [2.05, 4.69) is 11.4 Å². The van der Waals surface area contributed by atoms with Gasteiger partial charge >= 0.3 is 0 Å². The van der Waals surface area contributed by atoms with Crippen molar-refractivity contribution in [2.45, 2.75) is 44.2 Å². The van der Waals surface area contributed by atoms with E-state index in [1.807, 2.05) is 24.3 Å². The highest BCUT2D eigenvalue weighted by Gasteiger charge is 2.20. The van der Waals surface area contributed by atoms with E-state index in [1.165, 1.54) is 32.1 Å². The summed E-state index contributed by atoms with van der Waals surface area (Å²) in [6.07, 6.45) is 6.20. The van der Waals surface area contributed by atoms with Crippen LogP contribution in [0.5, 0.6) is 5.75 Å². The maximum absolute atomic E-state index is 9.36. The second-order valence-electron chi connectivity index (χ2n) is 4.81. The molecule has 1 N–H and O–H groups in total. The molecule has 1 aromatic rings. The Morgan fingerprint density at radius 2 is 2.00 bits per heavy atom. The molecular formula is C15H20N2O. The van der Waals surface area contributed by atoms with E-state index in [-0.39, 0.29) is 6.04 Å². The van der Waals surface area contributed by atoms with Crippen molar-refractivity contribution >= 4 is 0 Å². The van der Waals surface area contributed by atoms with Crippen molar-refractivity contribution in [3.63, 3.8) is 0 Å². The van der Waals surface area contributed by atoms with Crippen LogP contribution in [0.4, 0.5) is 0 Å². The zero-order chi connectivity index (χ0) is 12.8. The Morgan fingerprint density at radius 1 is 1.28 bits per heavy atom. The second-order valence-corrected chi connectivity index (χ2v) is 4.81. The van der Waals surface area contributed by atoms with Crippen molar-refractivity contribution in [1.29, 1.82) is 5.26 Å². The average molecular weight is 244 g/mol. The van der Waals surface area contributed by atoms with E-state index < -0.39 is 0 Å². The van der Waals surface area contributed by atoms with Gasteiger partial charge in [0.2, 0.25) is 0 Å². The number of hydrogen-bond donors (Lipinski definition) is 1. The summed E-state index contributed by atoms with van der Waals surface area (Å²) in [7, 11) is 1.65. The molecule has 96 valence electrons. The van der Waals surface area contributed by atoms with E-state index >= 15 is 0 Å². The van der Waals surface area contributed by atoms with Gasteiger partial charge < -0.3 is 4.74 Å². The number of para-hydroxylation sites is 1. The summed E-state index contributed by atoms with van der Waals surface area (Å²) in [5.41, 5.74) is 0.938. The summed E-state index contributed by atoms with van der Waals surface area (Å²) in [5, 5.41) is 12.8. The first-order valence-electron chi connectivity index (χ1n) is 6.63. The summed E-state index contributed by atoms with van der Waals surface area (Å²) in [4.78, 5) is 0. The summed E-state index contributed by atoms with van der Waals surface area (Å²) < 4.78 is 5.33. The predicted octanol–water partition coefficient (Wildman–Crippen LogP) is 3.18. The molecule has 2 rings (SSSR count). The van der Waals surface area contributed by atoms with Crippen LogP contribution in [0, 0.1) is 11.3 Å². The standard InChI is InChI=1S/C15H20N2O/c1-18-15-10-6-5-9-13(15)14(11-16)17-12-7-3-2-4-8-12/h5-6,9-10,12,14,17H,2-4,7-8H2,1H3. The highest BCUT2D eigenvalue weighted by atomic mass is 16.5. The third kappa shape index (κ3) is 3.02. The van der Waals surface area contributed by atoms with Gasteiger partial charge in [-0.1, -0.05) is 37.5 Å². The highest BCUT2D eigenvalue weighted by Crippen LogP contribution is 2.27. The van der Waals surface area contributed by atoms with Crippen LogP contribution in [0.3, 0.4) is 0 Å². The molecule has 0 aromatic heterocycles. The van der Waals surface area contributed by atoms with Gasteiger partial charge in [-0.15, -0.1) is 0 Å². The quantitative estimate of drug-likeness (QED) is 0.884. The van der Waals surface area contributed by atoms with Crippen LogP contribution in [-0.4, -0.2) is 13.2 Å². The molecule has 1 aliphatic carbocycles. The molecule has 0 spiro atoms. The van der Waals surface area contributed by atoms with Gasteiger partial charge in [-0.2, -0.15) is 5.26 Å². The minimum atomic E-state index is -0.274. The Balaban J connectivity index is 2.10. The van der Waals surface area contributed by atoms with Crippen LogP contribution in [0.1, 0.15) is 43.7 Å². The second kappa shape index (κ2) is 6.42. The number of nitrogens with zero attached hydrogens (tertiary/aromatic N) is 1. The van der Waals surface area contributed by atoms with Crippen molar-refractivity contribution in [1.82, 2.24) is 5.32 Å². The molecule has 0 bridgehead atoms. The van der Waals surface area contributed by atoms with E-state index in [0.717, 1.165) is 11.3 Å². The normalized spacial score (nSPS) is 18.0. The van der Waals surface area contributed by atoms with Crippen LogP contribution >= 0.6 is 0 Å². The first-order chi connectivity index (χ1) is 8.85. The molecule has 1 aromatic carbocycles. The van der Waals surface area contributed by atoms with Crippen LogP contribution in [0.25, 0.3) is 0 Å². The summed E-state index contributed by atoms with van der Waals surface area (Å²) >= 11 is 0. The van der Waals surface area contributed by atoms with Crippen molar-refractivity contribution in [3.05, 3.63) is 29.8 Å². The lowest BCUT2D eigenvalue weighted by molar-refractivity contribution is 0.352. The number of benzene rings is 1. The molecule has 1 atom stereocenters. The molecule has 1 unspecified atom stereocenters. The lowest BCUT2D eigenvalue weighted by Gasteiger charge is -2.26. The van der Waals surface area contributed by atoms with Crippen LogP contribution < -0.4 is 10.1 Å². The monoisotopic (exact) mass is 244 g/mol. The molecule has 18 heavy (non-hydrogen) atoms. The van der Waals surface area contributed by atoms with Gasteiger partial charge in [0.15, 0.2) is 0 Å². The zero-order valence-corrected chi connectivity index (χ0v) is 10.9. The predicted molar refractivity (Wildman–Crippen MR) is 71.4 cm³/mol. The smallest absolute Gasteiger partial charge is 0.125 e. The number of ether oxygens (including phenoxy) is 1. The number of nitrogens with one attached hydrogen (secondary N) is 1. The van der Waals surface area contributed by atoms with Gasteiger partial charge in [-0.05, 0) is 18.9 Å². The maximum Gasteiger partial charge on any atom is 0.125 e. The van der Waals surface area contributed by atoms with Crippen LogP contribution in [0.2, 0.25) is 0 Å². The van der Waals surface area contributed by atoms with E-state index in [4.69, 9.17) is 4.74 Å². The van der Waals surface area contributed by atoms with E-state index in [1.54, 1.807) is 7.11 Å². The molecule has 0 heterocycles. The molecule has 0 saturated heterocycles. The Morgan fingerprint density at radius 3 is 2.67 bits per heavy atom. The fraction of sp³-hybridized carbons (Fsp3) is 0.533. The Labute approximate surface area is 109 Å². The largest absolute Gasteiger partial charge is 0.496 e. The maximum atomic E-state index is 9.36. The van der Waals surface area contributed by atoms with Crippen molar-refractivity contribution in [3.8, 4) is 11.8 Å². The third-order valence-electron chi connectivity index (χ3n) is 3.59. The fourth-order valence-electron chi connectivity index (χ4n) is 2.61. The molecule has 3 heteroatoms. The van der Waals surface area contributed by atoms with Crippen molar-refractivity contribution in [2.24, 2.45) is 0 Å². The van der Waals surface area contributed by atoms with Crippen LogP contribution in [-0.2, 0) is 0 Å². The number of rotatable bonds is 4. The molecule has 0 aliphatic heterocycles. The zero-order valence-electron chi connectivity index (χ0n) is 10.9. The molecule has 3 nitrogen and oxygen atoms in total. The van der Waals surface area contributed by atoms with Gasteiger partial charge in [0, 0.05) is 11.6 Å². The SMILES string of the molecule is COc1ccccc1C(C#N)NC1CCCCC1. The lowest BCUT2D eigenvalue weighted by Crippen LogP contribution is -2.34. The minimum Gasteiger partial charge on any atom is -0.496 e. The molecular weight excluding hydrogens is 224 g/mol. The lowest BCUT2D eigenvalue weighted by atomic mass is 9.94. The molecule has 1 aliphatic rings. The van der Waals surface area contributed by atoms with E-state index in [9.17, 15) is 5.26 Å². The fourth-order valence-corrected chi connectivity index (χ4v) is 2.61. The van der Waals surface area contributed by atoms with Gasteiger partial charge in [0.1, 0.15) is 11.8 Å². The minimum absolute atomic E-state index is 0.274. The number of hydrogen-bond acceptors (Lipinski definition) is 3. The van der Waals surface area contributed by atoms with Crippen molar-refractivity contribution < 1.29 is 4.74 Å². The Kier molecular flexibility index (Phi) is 4.60. The first kappa shape index (κ1) is 12.9. The molecule has 1 saturated carbocycles. The summed E-state index contributed by atoms with van der Waals surface area (Å²) in [6.45, 7) is 0. The molecule has 1 fully saturated rings. The summed E-state index contributed by atoms with van der Waals surface area (Å²) in [6, 6.07) is 10.3. The highest BCUT2D eigenvalue weighted by molar-refractivity contribution is 5.38.